The third kappa shape index (κ3) is 5.62. The molecule has 1 amide bonds. The highest BCUT2D eigenvalue weighted by atomic mass is 35.5. The number of amides is 1. The lowest BCUT2D eigenvalue weighted by atomic mass is 10.1. The molecule has 0 bridgehead atoms. The largest absolute Gasteiger partial charge is 0.484 e. The maximum Gasteiger partial charge on any atom is 0.355 e. The van der Waals surface area contributed by atoms with Crippen molar-refractivity contribution in [3.05, 3.63) is 93.3 Å². The number of carbonyl (C=O) groups excluding carboxylic acids is 2. The van der Waals surface area contributed by atoms with Crippen LogP contribution in [0.2, 0.25) is 5.02 Å². The number of halogens is 1. The zero-order valence-corrected chi connectivity index (χ0v) is 20.1. The van der Waals surface area contributed by atoms with E-state index >= 15 is 0 Å². The van der Waals surface area contributed by atoms with Crippen molar-refractivity contribution in [2.45, 2.75) is 13.8 Å². The molecule has 0 spiro atoms. The molecule has 4 aromatic rings. The first-order chi connectivity index (χ1) is 16.4. The lowest BCUT2D eigenvalue weighted by Gasteiger charge is -2.07. The van der Waals surface area contributed by atoms with E-state index in [9.17, 15) is 9.59 Å². The van der Waals surface area contributed by atoms with Crippen molar-refractivity contribution in [3.63, 3.8) is 0 Å². The summed E-state index contributed by atoms with van der Waals surface area (Å²) in [6.07, 6.45) is 1.46. The maximum absolute atomic E-state index is 12.6. The zero-order chi connectivity index (χ0) is 24.1. The van der Waals surface area contributed by atoms with Gasteiger partial charge in [-0.15, -0.1) is 11.3 Å². The number of thiophene rings is 1. The van der Waals surface area contributed by atoms with E-state index in [0.717, 1.165) is 21.2 Å². The molecule has 6 nitrogen and oxygen atoms in total. The number of hydrazone groups is 1. The summed E-state index contributed by atoms with van der Waals surface area (Å²) in [5, 5.41) is 5.14. The highest BCUT2D eigenvalue weighted by Gasteiger charge is 2.19. The van der Waals surface area contributed by atoms with Gasteiger partial charge in [0.25, 0.3) is 5.91 Å². The third-order valence-corrected chi connectivity index (χ3v) is 6.70. The number of hydrogen-bond acceptors (Lipinski definition) is 6. The van der Waals surface area contributed by atoms with Gasteiger partial charge in [-0.25, -0.2) is 10.2 Å². The van der Waals surface area contributed by atoms with Gasteiger partial charge in [0, 0.05) is 10.1 Å². The molecule has 0 atom stereocenters. The Morgan fingerprint density at radius 2 is 1.82 bits per heavy atom. The van der Waals surface area contributed by atoms with Crippen LogP contribution in [-0.4, -0.2) is 24.7 Å². The minimum atomic E-state index is -0.530. The third-order valence-electron chi connectivity index (χ3n) is 5.04. The average Bonchev–Trinajstić information content (AvgIpc) is 3.17. The number of carbonyl (C=O) groups is 2. The molecule has 3 aromatic carbocycles. The van der Waals surface area contributed by atoms with Crippen molar-refractivity contribution >= 4 is 51.1 Å². The van der Waals surface area contributed by atoms with Crippen LogP contribution in [0, 0.1) is 13.8 Å². The monoisotopic (exact) mass is 492 g/mol. The lowest BCUT2D eigenvalue weighted by molar-refractivity contribution is -0.123. The first-order valence-corrected chi connectivity index (χ1v) is 11.6. The van der Waals surface area contributed by atoms with E-state index in [2.05, 4.69) is 10.5 Å². The first kappa shape index (κ1) is 23.5. The predicted octanol–water partition coefficient (Wildman–Crippen LogP) is 5.92. The Kier molecular flexibility index (Phi) is 7.25. The maximum atomic E-state index is 12.6. The van der Waals surface area contributed by atoms with Crippen molar-refractivity contribution in [2.75, 3.05) is 6.61 Å². The Bertz CT molecular complexity index is 1400. The second-order valence-corrected chi connectivity index (χ2v) is 8.96. The molecule has 34 heavy (non-hydrogen) atoms. The minimum absolute atomic E-state index is 0.159. The van der Waals surface area contributed by atoms with Crippen LogP contribution in [0.1, 0.15) is 26.4 Å². The Balaban J connectivity index is 1.33. The van der Waals surface area contributed by atoms with Crippen LogP contribution in [0.5, 0.6) is 11.5 Å². The van der Waals surface area contributed by atoms with Crippen LogP contribution in [0.25, 0.3) is 10.1 Å². The number of hydrogen-bond donors (Lipinski definition) is 1. The summed E-state index contributed by atoms with van der Waals surface area (Å²) in [7, 11) is 0. The standard InChI is InChI=1S/C26H21ClN2O4S/c1-16-10-11-19(12-17(16)2)32-15-23(30)29-28-14-18-6-5-7-20(13-18)33-26(31)25-24(27)21-8-3-4-9-22(21)34-25/h3-14H,15H2,1-2H3,(H,29,30). The van der Waals surface area contributed by atoms with Crippen LogP contribution in [-0.2, 0) is 4.79 Å². The number of ether oxygens (including phenoxy) is 2. The molecule has 0 aliphatic rings. The smallest absolute Gasteiger partial charge is 0.355 e. The van der Waals surface area contributed by atoms with Gasteiger partial charge in [0.1, 0.15) is 16.4 Å². The quantitative estimate of drug-likeness (QED) is 0.150. The van der Waals surface area contributed by atoms with E-state index in [0.29, 0.717) is 27.0 Å². The first-order valence-electron chi connectivity index (χ1n) is 10.4. The van der Waals surface area contributed by atoms with E-state index < -0.39 is 11.9 Å². The number of esters is 1. The summed E-state index contributed by atoms with van der Waals surface area (Å²) in [6, 6.07) is 20.0. The highest BCUT2D eigenvalue weighted by Crippen LogP contribution is 2.35. The number of nitrogens with zero attached hydrogens (tertiary/aromatic N) is 1. The summed E-state index contributed by atoms with van der Waals surface area (Å²) < 4.78 is 11.9. The van der Waals surface area contributed by atoms with Gasteiger partial charge in [-0.3, -0.25) is 4.79 Å². The van der Waals surface area contributed by atoms with E-state index in [-0.39, 0.29) is 6.61 Å². The highest BCUT2D eigenvalue weighted by molar-refractivity contribution is 7.21. The van der Waals surface area contributed by atoms with Crippen molar-refractivity contribution in [1.29, 1.82) is 0 Å². The molecule has 1 heterocycles. The van der Waals surface area contributed by atoms with Gasteiger partial charge in [-0.1, -0.05) is 48.0 Å². The van der Waals surface area contributed by atoms with Gasteiger partial charge >= 0.3 is 5.97 Å². The van der Waals surface area contributed by atoms with Crippen LogP contribution < -0.4 is 14.9 Å². The number of fused-ring (bicyclic) bond motifs is 1. The molecule has 0 saturated carbocycles. The van der Waals surface area contributed by atoms with Crippen molar-refractivity contribution in [1.82, 2.24) is 5.43 Å². The lowest BCUT2D eigenvalue weighted by Crippen LogP contribution is -2.24. The number of benzene rings is 3. The Morgan fingerprint density at radius 1 is 1.00 bits per heavy atom. The fourth-order valence-corrected chi connectivity index (χ4v) is 4.51. The van der Waals surface area contributed by atoms with E-state index in [4.69, 9.17) is 21.1 Å². The SMILES string of the molecule is Cc1ccc(OCC(=O)NN=Cc2cccc(OC(=O)c3sc4ccccc4c3Cl)c2)cc1C. The van der Waals surface area contributed by atoms with Crippen LogP contribution in [0.3, 0.4) is 0 Å². The Labute approximate surface area is 205 Å². The van der Waals surface area contributed by atoms with Gasteiger partial charge in [0.15, 0.2) is 6.61 Å². The predicted molar refractivity (Wildman–Crippen MR) is 135 cm³/mol. The van der Waals surface area contributed by atoms with Gasteiger partial charge < -0.3 is 9.47 Å². The summed E-state index contributed by atoms with van der Waals surface area (Å²) in [4.78, 5) is 25.0. The molecule has 0 unspecified atom stereocenters. The number of rotatable bonds is 7. The van der Waals surface area contributed by atoms with Crippen molar-refractivity contribution < 1.29 is 19.1 Å². The van der Waals surface area contributed by atoms with E-state index in [1.807, 2.05) is 56.3 Å². The molecule has 172 valence electrons. The van der Waals surface area contributed by atoms with Gasteiger partial charge in [0.05, 0.1) is 11.2 Å². The normalized spacial score (nSPS) is 11.0. The fraction of sp³-hybridized carbons (Fsp3) is 0.115. The van der Waals surface area contributed by atoms with Crippen LogP contribution in [0.15, 0.2) is 71.8 Å². The molecule has 4 rings (SSSR count). The molecule has 1 aromatic heterocycles. The fourth-order valence-electron chi connectivity index (χ4n) is 3.12. The minimum Gasteiger partial charge on any atom is -0.484 e. The summed E-state index contributed by atoms with van der Waals surface area (Å²) >= 11 is 7.65. The second kappa shape index (κ2) is 10.5. The second-order valence-electron chi connectivity index (χ2n) is 7.53. The van der Waals surface area contributed by atoms with Crippen LogP contribution >= 0.6 is 22.9 Å². The molecule has 0 radical (unpaired) electrons. The molecular weight excluding hydrogens is 472 g/mol. The van der Waals surface area contributed by atoms with E-state index in [1.165, 1.54) is 17.6 Å². The van der Waals surface area contributed by atoms with E-state index in [1.54, 1.807) is 24.3 Å². The van der Waals surface area contributed by atoms with Crippen LogP contribution in [0.4, 0.5) is 0 Å². The Hall–Kier alpha value is -3.68. The van der Waals surface area contributed by atoms with Gasteiger partial charge in [-0.05, 0) is 60.9 Å². The number of aryl methyl sites for hydroxylation is 2. The summed E-state index contributed by atoms with van der Waals surface area (Å²) in [5.74, 6) is 0.0379. The molecule has 1 N–H and O–H groups in total. The zero-order valence-electron chi connectivity index (χ0n) is 18.5. The molecule has 8 heteroatoms. The molecule has 0 saturated heterocycles. The average molecular weight is 493 g/mol. The molecule has 0 aliphatic carbocycles. The molecular formula is C26H21ClN2O4S. The summed E-state index contributed by atoms with van der Waals surface area (Å²) in [5.41, 5.74) is 5.30. The summed E-state index contributed by atoms with van der Waals surface area (Å²) in [6.45, 7) is 3.83. The number of nitrogens with one attached hydrogen (secondary N) is 1. The topological polar surface area (TPSA) is 77.0 Å². The van der Waals surface area contributed by atoms with Gasteiger partial charge in [-0.2, -0.15) is 5.10 Å². The van der Waals surface area contributed by atoms with Crippen molar-refractivity contribution in [3.8, 4) is 11.5 Å². The Morgan fingerprint density at radius 3 is 2.62 bits per heavy atom. The van der Waals surface area contributed by atoms with Crippen molar-refractivity contribution in [2.24, 2.45) is 5.10 Å². The molecule has 0 fully saturated rings. The van der Waals surface area contributed by atoms with Gasteiger partial charge in [0.2, 0.25) is 0 Å². The molecule has 0 aliphatic heterocycles.